The van der Waals surface area contributed by atoms with Gasteiger partial charge in [0.25, 0.3) is 0 Å². The first-order valence-corrected chi connectivity index (χ1v) is 9.56. The summed E-state index contributed by atoms with van der Waals surface area (Å²) >= 11 is 1.91. The Kier molecular flexibility index (Phi) is 6.85. The lowest BCUT2D eigenvalue weighted by atomic mass is 10.0. The minimum absolute atomic E-state index is 1.11. The largest absolute Gasteiger partial charge is 0.361 e. The van der Waals surface area contributed by atoms with Crippen molar-refractivity contribution >= 4 is 22.7 Å². The number of aromatic nitrogens is 1. The van der Waals surface area contributed by atoms with Crippen LogP contribution in [0.4, 0.5) is 0 Å². The molecule has 0 amide bonds. The summed E-state index contributed by atoms with van der Waals surface area (Å²) in [5.74, 6) is 1.19. The molecule has 0 saturated heterocycles. The van der Waals surface area contributed by atoms with Gasteiger partial charge < -0.3 is 4.98 Å². The first-order chi connectivity index (χ1) is 10.8. The zero-order chi connectivity index (χ0) is 15.8. The van der Waals surface area contributed by atoms with E-state index in [1.807, 2.05) is 11.8 Å². The molecule has 0 spiro atoms. The summed E-state index contributed by atoms with van der Waals surface area (Å²) in [6.45, 7) is 4.31. The Hall–Kier alpha value is -1.41. The predicted molar refractivity (Wildman–Crippen MR) is 102 cm³/mol. The van der Waals surface area contributed by atoms with Crippen molar-refractivity contribution in [2.75, 3.05) is 12.0 Å². The molecular formula is C20H27NS. The predicted octanol–water partition coefficient (Wildman–Crippen LogP) is 5.92. The van der Waals surface area contributed by atoms with Crippen molar-refractivity contribution in [1.29, 1.82) is 0 Å². The number of hydrogen-bond acceptors (Lipinski definition) is 1. The monoisotopic (exact) mass is 313 g/mol. The molecular weight excluding hydrogens is 286 g/mol. The fourth-order valence-corrected chi connectivity index (χ4v) is 3.15. The highest BCUT2D eigenvalue weighted by Crippen LogP contribution is 2.23. The van der Waals surface area contributed by atoms with Crippen molar-refractivity contribution in [1.82, 2.24) is 4.98 Å². The molecule has 22 heavy (non-hydrogen) atoms. The van der Waals surface area contributed by atoms with Crippen LogP contribution in [0.2, 0.25) is 0 Å². The second-order valence-corrected chi connectivity index (χ2v) is 6.63. The SMILES string of the molecule is C/C=C\C=C(/CC)CCc1c[nH]c2ccc(CCSC)cc12. The third kappa shape index (κ3) is 4.54. The number of hydrogen-bond donors (Lipinski definition) is 1. The molecule has 0 fully saturated rings. The van der Waals surface area contributed by atoms with E-state index in [0.29, 0.717) is 0 Å². The van der Waals surface area contributed by atoms with Gasteiger partial charge in [-0.3, -0.25) is 0 Å². The van der Waals surface area contributed by atoms with E-state index in [2.05, 4.69) is 67.7 Å². The lowest BCUT2D eigenvalue weighted by Gasteiger charge is -2.05. The molecule has 1 aromatic carbocycles. The second-order valence-electron chi connectivity index (χ2n) is 5.64. The Bertz CT molecular complexity index is 649. The lowest BCUT2D eigenvalue weighted by molar-refractivity contribution is 0.889. The molecule has 0 aliphatic heterocycles. The molecule has 0 unspecified atom stereocenters. The summed E-state index contributed by atoms with van der Waals surface area (Å²) in [7, 11) is 0. The maximum absolute atomic E-state index is 3.42. The van der Waals surface area contributed by atoms with Gasteiger partial charge in [0, 0.05) is 17.1 Å². The molecule has 1 heterocycles. The molecule has 118 valence electrons. The van der Waals surface area contributed by atoms with E-state index in [-0.39, 0.29) is 0 Å². The van der Waals surface area contributed by atoms with Gasteiger partial charge in [-0.05, 0) is 67.9 Å². The van der Waals surface area contributed by atoms with Crippen LogP contribution in [-0.2, 0) is 12.8 Å². The summed E-state index contributed by atoms with van der Waals surface area (Å²) in [6.07, 6.45) is 15.4. The summed E-state index contributed by atoms with van der Waals surface area (Å²) < 4.78 is 0. The number of H-pyrrole nitrogens is 1. The van der Waals surface area contributed by atoms with Gasteiger partial charge in [0.2, 0.25) is 0 Å². The van der Waals surface area contributed by atoms with Gasteiger partial charge in [-0.25, -0.2) is 0 Å². The number of fused-ring (bicyclic) bond motifs is 1. The van der Waals surface area contributed by atoms with Gasteiger partial charge in [0.1, 0.15) is 0 Å². The van der Waals surface area contributed by atoms with E-state index in [9.17, 15) is 0 Å². The van der Waals surface area contributed by atoms with Crippen LogP contribution in [0.1, 0.15) is 37.8 Å². The topological polar surface area (TPSA) is 15.8 Å². The molecule has 0 aliphatic rings. The summed E-state index contributed by atoms with van der Waals surface area (Å²) in [5.41, 5.74) is 5.67. The maximum Gasteiger partial charge on any atom is 0.0456 e. The van der Waals surface area contributed by atoms with Crippen LogP contribution in [0.5, 0.6) is 0 Å². The van der Waals surface area contributed by atoms with Crippen LogP contribution in [0.25, 0.3) is 10.9 Å². The van der Waals surface area contributed by atoms with Gasteiger partial charge in [-0.1, -0.05) is 36.8 Å². The van der Waals surface area contributed by atoms with Crippen LogP contribution in [0, 0.1) is 0 Å². The number of benzene rings is 1. The average Bonchev–Trinajstić information content (AvgIpc) is 2.95. The Morgan fingerprint density at radius 1 is 1.27 bits per heavy atom. The van der Waals surface area contributed by atoms with E-state index in [1.54, 1.807) is 0 Å². The summed E-state index contributed by atoms with van der Waals surface area (Å²) in [5, 5.41) is 1.40. The lowest BCUT2D eigenvalue weighted by Crippen LogP contribution is -1.90. The Morgan fingerprint density at radius 2 is 2.14 bits per heavy atom. The highest BCUT2D eigenvalue weighted by molar-refractivity contribution is 7.98. The molecule has 2 heteroatoms. The molecule has 0 radical (unpaired) electrons. The van der Waals surface area contributed by atoms with Crippen molar-refractivity contribution in [3.8, 4) is 0 Å². The number of aromatic amines is 1. The molecule has 1 aromatic heterocycles. The number of rotatable bonds is 8. The van der Waals surface area contributed by atoms with Crippen LogP contribution >= 0.6 is 11.8 Å². The molecule has 0 saturated carbocycles. The average molecular weight is 314 g/mol. The third-order valence-electron chi connectivity index (χ3n) is 4.12. The highest BCUT2D eigenvalue weighted by atomic mass is 32.2. The molecule has 0 bridgehead atoms. The Morgan fingerprint density at radius 3 is 2.86 bits per heavy atom. The molecule has 1 nitrogen and oxygen atoms in total. The second kappa shape index (κ2) is 8.89. The van der Waals surface area contributed by atoms with E-state index >= 15 is 0 Å². The van der Waals surface area contributed by atoms with E-state index in [1.165, 1.54) is 33.4 Å². The van der Waals surface area contributed by atoms with Gasteiger partial charge in [0.05, 0.1) is 0 Å². The van der Waals surface area contributed by atoms with Crippen LogP contribution in [0.3, 0.4) is 0 Å². The standard InChI is InChI=1S/C20H27NS/c1-4-6-7-16(5-2)8-10-18-15-21-20-11-9-17(12-13-22-3)14-19(18)20/h4,6-7,9,11,14-15,21H,5,8,10,12-13H2,1-3H3/b6-4-,16-7+. The van der Waals surface area contributed by atoms with E-state index in [0.717, 1.165) is 25.7 Å². The minimum Gasteiger partial charge on any atom is -0.361 e. The van der Waals surface area contributed by atoms with Gasteiger partial charge in [0.15, 0.2) is 0 Å². The van der Waals surface area contributed by atoms with Crippen molar-refractivity contribution < 1.29 is 0 Å². The number of allylic oxidation sites excluding steroid dienone is 4. The smallest absolute Gasteiger partial charge is 0.0456 e. The quantitative estimate of drug-likeness (QED) is 0.598. The highest BCUT2D eigenvalue weighted by Gasteiger charge is 2.06. The van der Waals surface area contributed by atoms with Crippen molar-refractivity contribution in [3.05, 3.63) is 59.3 Å². The zero-order valence-corrected chi connectivity index (χ0v) is 14.8. The van der Waals surface area contributed by atoms with E-state index in [4.69, 9.17) is 0 Å². The third-order valence-corrected chi connectivity index (χ3v) is 4.73. The maximum atomic E-state index is 3.42. The van der Waals surface area contributed by atoms with Crippen LogP contribution in [0.15, 0.2) is 48.2 Å². The van der Waals surface area contributed by atoms with Gasteiger partial charge in [-0.15, -0.1) is 0 Å². The van der Waals surface area contributed by atoms with Gasteiger partial charge in [-0.2, -0.15) is 11.8 Å². The summed E-state index contributed by atoms with van der Waals surface area (Å²) in [4.78, 5) is 3.42. The number of thioether (sulfide) groups is 1. The molecule has 1 N–H and O–H groups in total. The molecule has 0 atom stereocenters. The first-order valence-electron chi connectivity index (χ1n) is 8.17. The fraction of sp³-hybridized carbons (Fsp3) is 0.400. The Balaban J connectivity index is 2.13. The van der Waals surface area contributed by atoms with Crippen LogP contribution in [-0.4, -0.2) is 17.0 Å². The van der Waals surface area contributed by atoms with Crippen molar-refractivity contribution in [2.45, 2.75) is 39.5 Å². The normalized spacial score (nSPS) is 12.6. The molecule has 2 rings (SSSR count). The first kappa shape index (κ1) is 17.0. The number of nitrogens with one attached hydrogen (secondary N) is 1. The zero-order valence-electron chi connectivity index (χ0n) is 14.0. The molecule has 2 aromatic rings. The minimum atomic E-state index is 1.11. The number of aryl methyl sites for hydroxylation is 2. The summed E-state index contributed by atoms with van der Waals surface area (Å²) in [6, 6.07) is 6.85. The molecule has 0 aliphatic carbocycles. The Labute approximate surface area is 138 Å². The van der Waals surface area contributed by atoms with Gasteiger partial charge >= 0.3 is 0 Å². The van der Waals surface area contributed by atoms with Crippen molar-refractivity contribution in [2.24, 2.45) is 0 Å². The fourth-order valence-electron chi connectivity index (χ4n) is 2.71. The van der Waals surface area contributed by atoms with E-state index < -0.39 is 0 Å². The van der Waals surface area contributed by atoms with Crippen LogP contribution < -0.4 is 0 Å². The van der Waals surface area contributed by atoms with Crippen molar-refractivity contribution in [3.63, 3.8) is 0 Å².